The minimum atomic E-state index is -0.245. The zero-order chi connectivity index (χ0) is 21.3. The molecule has 6 heteroatoms. The minimum Gasteiger partial charge on any atom is -0.497 e. The molecule has 1 N–H and O–H groups in total. The van der Waals surface area contributed by atoms with Crippen LogP contribution in [0.4, 0.5) is 0 Å². The number of hydrogen-bond acceptors (Lipinski definition) is 5. The summed E-state index contributed by atoms with van der Waals surface area (Å²) in [6.45, 7) is 1.87. The van der Waals surface area contributed by atoms with Gasteiger partial charge in [0.15, 0.2) is 6.61 Å². The first kappa shape index (κ1) is 20.9. The van der Waals surface area contributed by atoms with Crippen LogP contribution in [0.25, 0.3) is 0 Å². The fraction of sp³-hybridized carbons (Fsp3) is 0.167. The van der Waals surface area contributed by atoms with Crippen molar-refractivity contribution in [1.82, 2.24) is 5.32 Å². The van der Waals surface area contributed by atoms with Gasteiger partial charge >= 0.3 is 0 Å². The molecule has 6 nitrogen and oxygen atoms in total. The number of carbonyl (C=O) groups excluding carboxylic acids is 1. The normalized spacial score (nSPS) is 11.0. The zero-order valence-corrected chi connectivity index (χ0v) is 17.2. The summed E-state index contributed by atoms with van der Waals surface area (Å²) in [7, 11) is 3.18. The summed E-state index contributed by atoms with van der Waals surface area (Å²) < 4.78 is 11.0. The number of aryl methyl sites for hydroxylation is 1. The van der Waals surface area contributed by atoms with E-state index in [2.05, 4.69) is 10.5 Å². The lowest BCUT2D eigenvalue weighted by molar-refractivity contribution is -0.125. The standard InChI is InChI=1S/C24H24N2O4/c1-17-4-6-18(7-5-17)24(26-29-16-23(27)25-2)19-8-10-21(11-9-19)30-22-14-12-20(28-3)13-15-22/h4-15H,16H2,1-3H3,(H,25,27)/b26-24-. The minimum absolute atomic E-state index is 0.148. The fourth-order valence-electron chi connectivity index (χ4n) is 2.67. The van der Waals surface area contributed by atoms with Crippen LogP contribution in [0.5, 0.6) is 17.2 Å². The summed E-state index contributed by atoms with van der Waals surface area (Å²) >= 11 is 0. The van der Waals surface area contributed by atoms with E-state index in [-0.39, 0.29) is 12.5 Å². The summed E-state index contributed by atoms with van der Waals surface area (Å²) in [6.07, 6.45) is 0. The number of carbonyl (C=O) groups is 1. The highest BCUT2D eigenvalue weighted by Gasteiger charge is 2.10. The molecule has 0 aliphatic heterocycles. The van der Waals surface area contributed by atoms with Crippen LogP contribution in [0.15, 0.2) is 78.0 Å². The van der Waals surface area contributed by atoms with Gasteiger partial charge in [-0.2, -0.15) is 0 Å². The molecule has 3 aromatic rings. The van der Waals surface area contributed by atoms with E-state index in [0.29, 0.717) is 17.2 Å². The van der Waals surface area contributed by atoms with Crippen LogP contribution in [-0.2, 0) is 9.63 Å². The van der Waals surface area contributed by atoms with E-state index in [1.165, 1.54) is 0 Å². The Hall–Kier alpha value is -3.80. The number of oxime groups is 1. The van der Waals surface area contributed by atoms with Gasteiger partial charge in [0, 0.05) is 18.2 Å². The van der Waals surface area contributed by atoms with Crippen LogP contribution in [-0.4, -0.2) is 32.4 Å². The second kappa shape index (κ2) is 10.1. The van der Waals surface area contributed by atoms with Crippen LogP contribution >= 0.6 is 0 Å². The van der Waals surface area contributed by atoms with Crippen LogP contribution in [0.1, 0.15) is 16.7 Å². The largest absolute Gasteiger partial charge is 0.497 e. The van der Waals surface area contributed by atoms with Crippen molar-refractivity contribution >= 4 is 11.6 Å². The average molecular weight is 404 g/mol. The first-order valence-electron chi connectivity index (χ1n) is 9.49. The molecule has 3 aromatic carbocycles. The molecule has 3 rings (SSSR count). The van der Waals surface area contributed by atoms with Crippen LogP contribution in [0, 0.1) is 6.92 Å². The zero-order valence-electron chi connectivity index (χ0n) is 17.2. The Morgan fingerprint density at radius 2 is 1.33 bits per heavy atom. The molecule has 0 fully saturated rings. The van der Waals surface area contributed by atoms with Crippen LogP contribution < -0.4 is 14.8 Å². The second-order valence-electron chi connectivity index (χ2n) is 6.55. The monoisotopic (exact) mass is 404 g/mol. The topological polar surface area (TPSA) is 69.2 Å². The Bertz CT molecular complexity index is 995. The number of rotatable bonds is 8. The number of ether oxygens (including phenoxy) is 2. The number of hydrogen-bond donors (Lipinski definition) is 1. The van der Waals surface area contributed by atoms with Gasteiger partial charge in [-0.3, -0.25) is 4.79 Å². The molecule has 0 aliphatic rings. The summed E-state index contributed by atoms with van der Waals surface area (Å²) in [6, 6.07) is 22.9. The molecule has 0 radical (unpaired) electrons. The first-order valence-corrected chi connectivity index (χ1v) is 9.49. The Kier molecular flexibility index (Phi) is 7.05. The van der Waals surface area contributed by atoms with Crippen LogP contribution in [0.3, 0.4) is 0 Å². The molecular formula is C24H24N2O4. The third kappa shape index (κ3) is 5.61. The molecule has 0 atom stereocenters. The van der Waals surface area contributed by atoms with Gasteiger partial charge in [-0.25, -0.2) is 0 Å². The molecule has 0 bridgehead atoms. The van der Waals surface area contributed by atoms with E-state index >= 15 is 0 Å². The average Bonchev–Trinajstić information content (AvgIpc) is 2.78. The smallest absolute Gasteiger partial charge is 0.260 e. The van der Waals surface area contributed by atoms with E-state index in [4.69, 9.17) is 14.3 Å². The lowest BCUT2D eigenvalue weighted by Gasteiger charge is -2.10. The maximum Gasteiger partial charge on any atom is 0.260 e. The number of amides is 1. The van der Waals surface area contributed by atoms with Crippen molar-refractivity contribution in [2.45, 2.75) is 6.92 Å². The lowest BCUT2D eigenvalue weighted by atomic mass is 10.0. The van der Waals surface area contributed by atoms with Crippen molar-refractivity contribution < 1.29 is 19.1 Å². The molecule has 154 valence electrons. The molecule has 0 aliphatic carbocycles. The first-order chi connectivity index (χ1) is 14.6. The highest BCUT2D eigenvalue weighted by atomic mass is 16.6. The summed E-state index contributed by atoms with van der Waals surface area (Å²) in [5.74, 6) is 1.93. The molecular weight excluding hydrogens is 380 g/mol. The Balaban J connectivity index is 1.80. The van der Waals surface area contributed by atoms with Crippen molar-refractivity contribution in [2.24, 2.45) is 5.16 Å². The summed E-state index contributed by atoms with van der Waals surface area (Å²) in [5.41, 5.74) is 3.52. The molecule has 0 spiro atoms. The van der Waals surface area contributed by atoms with E-state index in [1.807, 2.05) is 79.7 Å². The second-order valence-corrected chi connectivity index (χ2v) is 6.55. The van der Waals surface area contributed by atoms with Gasteiger partial charge in [0.25, 0.3) is 5.91 Å². The van der Waals surface area contributed by atoms with E-state index in [0.717, 1.165) is 22.4 Å². The van der Waals surface area contributed by atoms with Gasteiger partial charge in [0.05, 0.1) is 7.11 Å². The summed E-state index contributed by atoms with van der Waals surface area (Å²) in [4.78, 5) is 16.7. The number of likely N-dealkylation sites (N-methyl/N-ethyl adjacent to an activating group) is 1. The molecule has 0 heterocycles. The Labute approximate surface area is 176 Å². The number of methoxy groups -OCH3 is 1. The van der Waals surface area contributed by atoms with Crippen LogP contribution in [0.2, 0.25) is 0 Å². The maximum atomic E-state index is 11.4. The van der Waals surface area contributed by atoms with E-state index in [1.54, 1.807) is 14.2 Å². The number of benzene rings is 3. The third-order valence-electron chi connectivity index (χ3n) is 4.38. The highest BCUT2D eigenvalue weighted by Crippen LogP contribution is 2.25. The van der Waals surface area contributed by atoms with Crippen molar-refractivity contribution in [3.8, 4) is 17.2 Å². The van der Waals surface area contributed by atoms with Gasteiger partial charge in [0.1, 0.15) is 23.0 Å². The highest BCUT2D eigenvalue weighted by molar-refractivity contribution is 6.12. The van der Waals surface area contributed by atoms with E-state index < -0.39 is 0 Å². The SMILES string of the molecule is CNC(=O)CO/N=C(/c1ccc(C)cc1)c1ccc(Oc2ccc(OC)cc2)cc1. The van der Waals surface area contributed by atoms with Crippen molar-refractivity contribution in [3.05, 3.63) is 89.5 Å². The maximum absolute atomic E-state index is 11.4. The quantitative estimate of drug-likeness (QED) is 0.449. The molecule has 30 heavy (non-hydrogen) atoms. The van der Waals surface area contributed by atoms with Gasteiger partial charge in [-0.15, -0.1) is 0 Å². The van der Waals surface area contributed by atoms with Crippen molar-refractivity contribution in [1.29, 1.82) is 0 Å². The lowest BCUT2D eigenvalue weighted by Crippen LogP contribution is -2.22. The molecule has 0 unspecified atom stereocenters. The summed E-state index contributed by atoms with van der Waals surface area (Å²) in [5, 5.41) is 6.72. The molecule has 0 saturated carbocycles. The van der Waals surface area contributed by atoms with Gasteiger partial charge < -0.3 is 19.6 Å². The predicted molar refractivity (Wildman–Crippen MR) is 116 cm³/mol. The Morgan fingerprint density at radius 1 is 0.833 bits per heavy atom. The van der Waals surface area contributed by atoms with Gasteiger partial charge in [-0.05, 0) is 55.5 Å². The molecule has 1 amide bonds. The number of nitrogens with zero attached hydrogens (tertiary/aromatic N) is 1. The third-order valence-corrected chi connectivity index (χ3v) is 4.38. The van der Waals surface area contributed by atoms with Crippen molar-refractivity contribution in [2.75, 3.05) is 20.8 Å². The fourth-order valence-corrected chi connectivity index (χ4v) is 2.67. The van der Waals surface area contributed by atoms with Gasteiger partial charge in [0.2, 0.25) is 0 Å². The Morgan fingerprint density at radius 3 is 1.87 bits per heavy atom. The predicted octanol–water partition coefficient (Wildman–Crippen LogP) is 4.31. The number of nitrogens with one attached hydrogen (secondary N) is 1. The van der Waals surface area contributed by atoms with E-state index in [9.17, 15) is 4.79 Å². The molecule has 0 saturated heterocycles. The molecule has 0 aromatic heterocycles. The van der Waals surface area contributed by atoms with Crippen molar-refractivity contribution in [3.63, 3.8) is 0 Å². The van der Waals surface area contributed by atoms with Gasteiger partial charge in [-0.1, -0.05) is 35.0 Å².